The van der Waals surface area contributed by atoms with Crippen LogP contribution < -0.4 is 0 Å². The van der Waals surface area contributed by atoms with Gasteiger partial charge in [0, 0.05) is 80.5 Å². The Hall–Kier alpha value is -4.44. The van der Waals surface area contributed by atoms with Crippen LogP contribution in [0, 0.1) is 23.7 Å². The van der Waals surface area contributed by atoms with E-state index in [9.17, 15) is 0 Å². The lowest BCUT2D eigenvalue weighted by Gasteiger charge is -2.34. The summed E-state index contributed by atoms with van der Waals surface area (Å²) in [5.41, 5.74) is 25.3. The molecule has 16 bridgehead atoms. The minimum absolute atomic E-state index is 0.325. The molecule has 3 aromatic rings. The monoisotopic (exact) mass is 706 g/mol. The molecule has 12 aliphatic carbocycles. The summed E-state index contributed by atoms with van der Waals surface area (Å²) in [6.07, 6.45) is 30.0. The lowest BCUT2D eigenvalue weighted by atomic mass is 9.69. The van der Waals surface area contributed by atoms with Crippen LogP contribution in [0.2, 0.25) is 0 Å². The second kappa shape index (κ2) is 10.6. The highest BCUT2D eigenvalue weighted by Crippen LogP contribution is 2.58. The van der Waals surface area contributed by atoms with Crippen molar-refractivity contribution < 1.29 is 0 Å². The maximum absolute atomic E-state index is 5.86. The predicted molar refractivity (Wildman–Crippen MR) is 221 cm³/mol. The lowest BCUT2D eigenvalue weighted by molar-refractivity contribution is 0.557. The van der Waals surface area contributed by atoms with Gasteiger partial charge in [0.25, 0.3) is 0 Å². The summed E-state index contributed by atoms with van der Waals surface area (Å²) >= 11 is 0. The lowest BCUT2D eigenvalue weighted by Crippen LogP contribution is -2.19. The van der Waals surface area contributed by atoms with Crippen LogP contribution in [0.15, 0.2) is 60.7 Å². The third-order valence-electron chi connectivity index (χ3n) is 15.5. The van der Waals surface area contributed by atoms with Crippen molar-refractivity contribution in [1.82, 2.24) is 19.9 Å². The van der Waals surface area contributed by atoms with Crippen LogP contribution in [-0.4, -0.2) is 19.9 Å². The molecular formula is C50H50N4. The Morgan fingerprint density at radius 2 is 0.741 bits per heavy atom. The Morgan fingerprint density at radius 3 is 1.07 bits per heavy atom. The Labute approximate surface area is 318 Å². The van der Waals surface area contributed by atoms with Gasteiger partial charge in [-0.25, -0.2) is 9.97 Å². The number of rotatable bonds is 2. The maximum Gasteiger partial charge on any atom is 0.0734 e. The van der Waals surface area contributed by atoms with Crippen LogP contribution in [0.1, 0.15) is 171 Å². The van der Waals surface area contributed by atoms with E-state index >= 15 is 0 Å². The predicted octanol–water partition coefficient (Wildman–Crippen LogP) is 12.6. The molecule has 14 aliphatic rings. The van der Waals surface area contributed by atoms with Gasteiger partial charge in [-0.15, -0.1) is 0 Å². The molecule has 0 radical (unpaired) electrons. The summed E-state index contributed by atoms with van der Waals surface area (Å²) < 4.78 is 0. The second-order valence-corrected chi connectivity index (χ2v) is 19.0. The van der Waals surface area contributed by atoms with Crippen LogP contribution in [0.5, 0.6) is 0 Å². The van der Waals surface area contributed by atoms with Gasteiger partial charge < -0.3 is 9.97 Å². The van der Waals surface area contributed by atoms with Crippen LogP contribution in [0.25, 0.3) is 44.4 Å². The molecule has 0 amide bonds. The van der Waals surface area contributed by atoms with Gasteiger partial charge in [0.15, 0.2) is 0 Å². The number of aromatic nitrogens is 4. The summed E-state index contributed by atoms with van der Waals surface area (Å²) in [6.45, 7) is 9.64. The highest BCUT2D eigenvalue weighted by atomic mass is 14.8. The number of nitrogens with one attached hydrogen (secondary N) is 2. The summed E-state index contributed by atoms with van der Waals surface area (Å²) in [4.78, 5) is 20.2. The number of hydrogen-bond acceptors (Lipinski definition) is 2. The first-order valence-electron chi connectivity index (χ1n) is 21.5. The minimum atomic E-state index is 0.325. The number of nitrogens with zero attached hydrogens (tertiary/aromatic N) is 2. The van der Waals surface area contributed by atoms with E-state index in [-0.39, 0.29) is 0 Å². The van der Waals surface area contributed by atoms with Gasteiger partial charge in [-0.2, -0.15) is 0 Å². The molecule has 4 heteroatoms. The van der Waals surface area contributed by atoms with Crippen LogP contribution in [0.4, 0.5) is 0 Å². The molecule has 0 aromatic carbocycles. The first kappa shape index (κ1) is 30.8. The third kappa shape index (κ3) is 3.85. The molecule has 2 N–H and O–H groups in total. The smallest absolute Gasteiger partial charge is 0.0734 e. The van der Waals surface area contributed by atoms with Crippen molar-refractivity contribution in [2.24, 2.45) is 23.7 Å². The molecule has 0 saturated heterocycles. The van der Waals surface area contributed by atoms with Gasteiger partial charge in [-0.05, 0) is 120 Å². The Bertz CT molecular complexity index is 2440. The van der Waals surface area contributed by atoms with E-state index in [1.54, 1.807) is 11.1 Å². The average Bonchev–Trinajstić information content (AvgIpc) is 3.99. The number of aromatic amines is 2. The number of hydrogen-bond donors (Lipinski definition) is 2. The van der Waals surface area contributed by atoms with Crippen LogP contribution in [-0.2, 0) is 0 Å². The molecule has 5 heterocycles. The summed E-state index contributed by atoms with van der Waals surface area (Å²) in [5.74, 6) is 4.21. The SMILES string of the molecule is CC(C)c1c2nc(cc3[nH]c(c(C(C)C)c4nc(cc5[nH]c1c1c5C5C=CC1CC5)C1=C4C4C=CC1CC4)c1c3C3C=CC1CC3)C1=C2C2C=CC1CC2. The van der Waals surface area contributed by atoms with E-state index in [1.165, 1.54) is 141 Å². The normalized spacial score (nSPS) is 31.4. The number of fused-ring (bicyclic) bond motifs is 12. The molecule has 0 spiro atoms. The topological polar surface area (TPSA) is 57.4 Å². The first-order chi connectivity index (χ1) is 26.4. The van der Waals surface area contributed by atoms with Gasteiger partial charge in [0.05, 0.1) is 22.8 Å². The quantitative estimate of drug-likeness (QED) is 0.261. The van der Waals surface area contributed by atoms with Gasteiger partial charge in [-0.3, -0.25) is 0 Å². The highest BCUT2D eigenvalue weighted by Gasteiger charge is 2.43. The molecule has 17 rings (SSSR count). The molecule has 2 aliphatic heterocycles. The highest BCUT2D eigenvalue weighted by molar-refractivity contribution is 6.02. The summed E-state index contributed by atoms with van der Waals surface area (Å²) in [6, 6.07) is 5.02. The van der Waals surface area contributed by atoms with Crippen molar-refractivity contribution in [3.63, 3.8) is 0 Å². The molecule has 54 heavy (non-hydrogen) atoms. The molecular weight excluding hydrogens is 657 g/mol. The Balaban J connectivity index is 1.25. The Morgan fingerprint density at radius 1 is 0.426 bits per heavy atom. The fourth-order valence-electron chi connectivity index (χ4n) is 13.3. The zero-order valence-electron chi connectivity index (χ0n) is 32.1. The molecule has 0 saturated carbocycles. The van der Waals surface area contributed by atoms with Gasteiger partial charge in [0.1, 0.15) is 0 Å². The van der Waals surface area contributed by atoms with Crippen molar-refractivity contribution in [1.29, 1.82) is 0 Å². The average molecular weight is 707 g/mol. The third-order valence-corrected chi connectivity index (χ3v) is 15.5. The Kier molecular flexibility index (Phi) is 6.08. The van der Waals surface area contributed by atoms with E-state index < -0.39 is 0 Å². The van der Waals surface area contributed by atoms with Crippen molar-refractivity contribution in [3.05, 3.63) is 117 Å². The maximum atomic E-state index is 5.86. The van der Waals surface area contributed by atoms with E-state index in [0.29, 0.717) is 59.2 Å². The van der Waals surface area contributed by atoms with Crippen molar-refractivity contribution in [3.8, 4) is 0 Å². The largest absolute Gasteiger partial charge is 0.355 e. The molecule has 8 unspecified atom stereocenters. The van der Waals surface area contributed by atoms with Crippen molar-refractivity contribution in [2.75, 3.05) is 0 Å². The number of H-pyrrole nitrogens is 2. The minimum Gasteiger partial charge on any atom is -0.355 e. The zero-order valence-corrected chi connectivity index (χ0v) is 32.1. The molecule has 3 aromatic heterocycles. The fraction of sp³-hybridized carbons (Fsp3) is 0.440. The van der Waals surface area contributed by atoms with Gasteiger partial charge in [0.2, 0.25) is 0 Å². The fourth-order valence-corrected chi connectivity index (χ4v) is 13.3. The number of allylic oxidation sites excluding steroid dienone is 12. The standard InChI is InChI=1S/C50H50N4/c1-23(2)37-47-43-29-13-5-25(6-14-29)39(43)33(51-47)21-35-41-27-9-17-31(18-10-27)45(41)49(53-35)38(24(3)4)50-46-32-19-11-28(12-20-32)42(46)36(54-50)22-34-40-26-7-15-30(16-8-26)44(40)48(37)52-34/h5,7,9,11,13,15,17,19,21-32,51,54H,6,8,10,12,14,16,18,20H2,1-4H3. The molecule has 270 valence electrons. The second-order valence-electron chi connectivity index (χ2n) is 19.0. The molecule has 8 atom stereocenters. The van der Waals surface area contributed by atoms with Crippen molar-refractivity contribution in [2.45, 2.75) is 115 Å². The van der Waals surface area contributed by atoms with E-state index in [4.69, 9.17) is 9.97 Å². The van der Waals surface area contributed by atoms with Crippen molar-refractivity contribution >= 4 is 44.4 Å². The van der Waals surface area contributed by atoms with Gasteiger partial charge >= 0.3 is 0 Å². The zero-order chi connectivity index (χ0) is 35.7. The summed E-state index contributed by atoms with van der Waals surface area (Å²) in [5, 5.41) is 0. The van der Waals surface area contributed by atoms with Crippen LogP contribution in [0.3, 0.4) is 0 Å². The van der Waals surface area contributed by atoms with E-state index in [1.807, 2.05) is 0 Å². The van der Waals surface area contributed by atoms with Crippen LogP contribution >= 0.6 is 0 Å². The first-order valence-corrected chi connectivity index (χ1v) is 21.5. The van der Waals surface area contributed by atoms with E-state index in [0.717, 1.165) is 0 Å². The molecule has 4 nitrogen and oxygen atoms in total. The summed E-state index contributed by atoms with van der Waals surface area (Å²) in [7, 11) is 0. The van der Waals surface area contributed by atoms with E-state index in [2.05, 4.69) is 98.4 Å². The molecule has 0 fully saturated rings. The van der Waals surface area contributed by atoms with Gasteiger partial charge in [-0.1, -0.05) is 76.3 Å².